The minimum atomic E-state index is 0.872. The Morgan fingerprint density at radius 3 is 2.20 bits per heavy atom. The molecule has 0 radical (unpaired) electrons. The molecule has 10 heavy (non-hydrogen) atoms. The highest BCUT2D eigenvalue weighted by Crippen LogP contribution is 2.18. The zero-order chi connectivity index (χ0) is 7.98. The molecule has 0 aliphatic heterocycles. The van der Waals surface area contributed by atoms with Crippen molar-refractivity contribution >= 4 is 9.24 Å². The van der Waals surface area contributed by atoms with E-state index in [1.807, 2.05) is 0 Å². The van der Waals surface area contributed by atoms with E-state index in [2.05, 4.69) is 30.0 Å². The van der Waals surface area contributed by atoms with Gasteiger partial charge in [0.25, 0.3) is 0 Å². The second-order valence-electron chi connectivity index (χ2n) is 3.52. The quantitative estimate of drug-likeness (QED) is 0.541. The monoisotopic (exact) mass is 160 g/mol. The summed E-state index contributed by atoms with van der Waals surface area (Å²) in [6.07, 6.45) is 5.43. The van der Waals surface area contributed by atoms with E-state index in [4.69, 9.17) is 0 Å². The summed E-state index contributed by atoms with van der Waals surface area (Å²) in [7, 11) is 2.86. The molecular formula is C9H21P. The standard InChI is InChI=1S/C9H21P/c1-4-5-9(7-10)6-8(2)3/h8-9H,4-7,10H2,1-3H3. The molecule has 0 heterocycles. The molecule has 0 saturated carbocycles. The summed E-state index contributed by atoms with van der Waals surface area (Å²) in [5.41, 5.74) is 0. The van der Waals surface area contributed by atoms with Gasteiger partial charge in [-0.2, -0.15) is 0 Å². The Balaban J connectivity index is 3.39. The molecule has 0 fully saturated rings. The molecule has 0 aromatic carbocycles. The van der Waals surface area contributed by atoms with Crippen LogP contribution >= 0.6 is 9.24 Å². The van der Waals surface area contributed by atoms with Crippen LogP contribution in [0.15, 0.2) is 0 Å². The first-order chi connectivity index (χ1) is 4.70. The molecular weight excluding hydrogens is 139 g/mol. The fourth-order valence-electron chi connectivity index (χ4n) is 1.41. The Hall–Kier alpha value is 0.430. The Labute approximate surface area is 68.0 Å². The molecule has 0 aromatic rings. The second-order valence-corrected chi connectivity index (χ2v) is 3.99. The van der Waals surface area contributed by atoms with Gasteiger partial charge in [0.05, 0.1) is 0 Å². The van der Waals surface area contributed by atoms with E-state index in [0.717, 1.165) is 11.8 Å². The molecule has 0 saturated heterocycles. The molecule has 0 amide bonds. The van der Waals surface area contributed by atoms with Gasteiger partial charge >= 0.3 is 0 Å². The van der Waals surface area contributed by atoms with Crippen molar-refractivity contribution in [3.05, 3.63) is 0 Å². The van der Waals surface area contributed by atoms with Crippen LogP contribution in [0.5, 0.6) is 0 Å². The number of hydrogen-bond donors (Lipinski definition) is 0. The minimum absolute atomic E-state index is 0.872. The van der Waals surface area contributed by atoms with Gasteiger partial charge in [-0.3, -0.25) is 0 Å². The van der Waals surface area contributed by atoms with Crippen LogP contribution < -0.4 is 0 Å². The molecule has 1 heteroatoms. The van der Waals surface area contributed by atoms with Crippen molar-refractivity contribution in [2.24, 2.45) is 11.8 Å². The van der Waals surface area contributed by atoms with Crippen LogP contribution in [-0.2, 0) is 0 Å². The van der Waals surface area contributed by atoms with Crippen molar-refractivity contribution in [3.63, 3.8) is 0 Å². The molecule has 0 aliphatic rings. The highest BCUT2D eigenvalue weighted by molar-refractivity contribution is 7.16. The van der Waals surface area contributed by atoms with E-state index in [-0.39, 0.29) is 0 Å². The molecule has 2 atom stereocenters. The maximum Gasteiger partial charge on any atom is -0.0353 e. The van der Waals surface area contributed by atoms with Gasteiger partial charge in [-0.25, -0.2) is 0 Å². The van der Waals surface area contributed by atoms with E-state index in [1.54, 1.807) is 0 Å². The van der Waals surface area contributed by atoms with Gasteiger partial charge < -0.3 is 0 Å². The summed E-state index contributed by atoms with van der Waals surface area (Å²) in [5, 5.41) is 0. The van der Waals surface area contributed by atoms with Crippen LogP contribution in [0.1, 0.15) is 40.0 Å². The van der Waals surface area contributed by atoms with Crippen molar-refractivity contribution in [3.8, 4) is 0 Å². The average molecular weight is 160 g/mol. The lowest BCUT2D eigenvalue weighted by Crippen LogP contribution is -2.05. The van der Waals surface area contributed by atoms with Crippen LogP contribution in [0.4, 0.5) is 0 Å². The predicted octanol–water partition coefficient (Wildman–Crippen LogP) is 3.32. The number of rotatable bonds is 5. The van der Waals surface area contributed by atoms with Gasteiger partial charge in [-0.1, -0.05) is 33.6 Å². The van der Waals surface area contributed by atoms with Crippen LogP contribution in [-0.4, -0.2) is 6.16 Å². The topological polar surface area (TPSA) is 0 Å². The Morgan fingerprint density at radius 2 is 1.90 bits per heavy atom. The van der Waals surface area contributed by atoms with Gasteiger partial charge in [-0.15, -0.1) is 9.24 Å². The molecule has 62 valence electrons. The van der Waals surface area contributed by atoms with Crippen molar-refractivity contribution < 1.29 is 0 Å². The third-order valence-corrected chi connectivity index (χ3v) is 2.50. The lowest BCUT2D eigenvalue weighted by molar-refractivity contribution is 0.417. The second kappa shape index (κ2) is 6.16. The lowest BCUT2D eigenvalue weighted by atomic mass is 9.95. The van der Waals surface area contributed by atoms with E-state index in [1.165, 1.54) is 25.4 Å². The predicted molar refractivity (Wildman–Crippen MR) is 52.4 cm³/mol. The number of hydrogen-bond acceptors (Lipinski definition) is 0. The maximum atomic E-state index is 2.86. The summed E-state index contributed by atoms with van der Waals surface area (Å²) in [4.78, 5) is 0. The van der Waals surface area contributed by atoms with Gasteiger partial charge in [0.1, 0.15) is 0 Å². The molecule has 0 bridgehead atoms. The van der Waals surface area contributed by atoms with Gasteiger partial charge in [0.15, 0.2) is 0 Å². The van der Waals surface area contributed by atoms with Gasteiger partial charge in [-0.05, 0) is 24.4 Å². The fraction of sp³-hybridized carbons (Fsp3) is 1.00. The normalized spacial score (nSPS) is 14.1. The van der Waals surface area contributed by atoms with Crippen molar-refractivity contribution in [2.75, 3.05) is 6.16 Å². The average Bonchev–Trinajstić information content (AvgIpc) is 1.86. The molecule has 0 rings (SSSR count). The van der Waals surface area contributed by atoms with Crippen LogP contribution in [0.3, 0.4) is 0 Å². The SMILES string of the molecule is CCCC(CP)CC(C)C. The maximum absolute atomic E-state index is 2.86. The highest BCUT2D eigenvalue weighted by Gasteiger charge is 2.06. The third-order valence-electron chi connectivity index (χ3n) is 1.83. The van der Waals surface area contributed by atoms with Crippen LogP contribution in [0.2, 0.25) is 0 Å². The van der Waals surface area contributed by atoms with Crippen molar-refractivity contribution in [1.29, 1.82) is 0 Å². The summed E-state index contributed by atoms with van der Waals surface area (Å²) in [5.74, 6) is 1.83. The van der Waals surface area contributed by atoms with Gasteiger partial charge in [0, 0.05) is 0 Å². The molecule has 0 spiro atoms. The van der Waals surface area contributed by atoms with Crippen molar-refractivity contribution in [1.82, 2.24) is 0 Å². The Kier molecular flexibility index (Phi) is 6.43. The molecule has 0 aliphatic carbocycles. The summed E-state index contributed by atoms with van der Waals surface area (Å²) in [6, 6.07) is 0. The zero-order valence-electron chi connectivity index (χ0n) is 7.56. The van der Waals surface area contributed by atoms with E-state index < -0.39 is 0 Å². The molecule has 0 nitrogen and oxygen atoms in total. The van der Waals surface area contributed by atoms with Gasteiger partial charge in [0.2, 0.25) is 0 Å². The fourth-order valence-corrected chi connectivity index (χ4v) is 1.83. The largest absolute Gasteiger partial charge is 0.137 e. The summed E-state index contributed by atoms with van der Waals surface area (Å²) < 4.78 is 0. The first kappa shape index (κ1) is 10.4. The van der Waals surface area contributed by atoms with E-state index in [0.29, 0.717) is 0 Å². The highest BCUT2D eigenvalue weighted by atomic mass is 31.0. The first-order valence-electron chi connectivity index (χ1n) is 4.40. The molecule has 0 N–H and O–H groups in total. The third kappa shape index (κ3) is 5.23. The van der Waals surface area contributed by atoms with E-state index >= 15 is 0 Å². The smallest absolute Gasteiger partial charge is 0.0353 e. The molecule has 2 unspecified atom stereocenters. The Bertz CT molecular complexity index is 69.1. The summed E-state index contributed by atoms with van der Waals surface area (Å²) in [6.45, 7) is 6.89. The molecule has 0 aromatic heterocycles. The summed E-state index contributed by atoms with van der Waals surface area (Å²) >= 11 is 0. The lowest BCUT2D eigenvalue weighted by Gasteiger charge is -2.15. The first-order valence-corrected chi connectivity index (χ1v) is 5.22. The zero-order valence-corrected chi connectivity index (χ0v) is 8.72. The Morgan fingerprint density at radius 1 is 1.30 bits per heavy atom. The van der Waals surface area contributed by atoms with Crippen LogP contribution in [0, 0.1) is 11.8 Å². The van der Waals surface area contributed by atoms with E-state index in [9.17, 15) is 0 Å². The van der Waals surface area contributed by atoms with Crippen molar-refractivity contribution in [2.45, 2.75) is 40.0 Å². The minimum Gasteiger partial charge on any atom is -0.137 e. The van der Waals surface area contributed by atoms with Crippen LogP contribution in [0.25, 0.3) is 0 Å².